The van der Waals surface area contributed by atoms with E-state index in [2.05, 4.69) is 15.4 Å². The molecular formula is C21H24FN7O3. The number of amides is 1. The number of carbonyl (C=O) groups excluding carboxylic acids is 1. The van der Waals surface area contributed by atoms with Crippen molar-refractivity contribution in [1.29, 1.82) is 0 Å². The van der Waals surface area contributed by atoms with Gasteiger partial charge in [-0.3, -0.25) is 9.59 Å². The van der Waals surface area contributed by atoms with Gasteiger partial charge in [0.2, 0.25) is 0 Å². The maximum absolute atomic E-state index is 13.3. The van der Waals surface area contributed by atoms with Crippen molar-refractivity contribution in [3.05, 3.63) is 46.5 Å². The number of rotatable bonds is 6. The van der Waals surface area contributed by atoms with Crippen molar-refractivity contribution < 1.29 is 14.3 Å². The molecule has 0 radical (unpaired) electrons. The van der Waals surface area contributed by atoms with Crippen LogP contribution in [0.15, 0.2) is 35.4 Å². The van der Waals surface area contributed by atoms with Gasteiger partial charge in [-0.25, -0.2) is 9.37 Å². The van der Waals surface area contributed by atoms with E-state index in [4.69, 9.17) is 5.73 Å². The molecule has 2 atom stereocenters. The van der Waals surface area contributed by atoms with E-state index in [9.17, 15) is 19.1 Å². The van der Waals surface area contributed by atoms with Crippen molar-refractivity contribution in [2.75, 3.05) is 17.3 Å². The highest BCUT2D eigenvalue weighted by Crippen LogP contribution is 2.34. The number of nitrogens with zero attached hydrogens (tertiary/aromatic N) is 5. The van der Waals surface area contributed by atoms with Crippen LogP contribution in [-0.4, -0.2) is 55.5 Å². The Bertz CT molecular complexity index is 1250. The molecule has 3 aromatic heterocycles. The molecule has 0 spiro atoms. The Labute approximate surface area is 182 Å². The molecule has 4 N–H and O–H groups in total. The fourth-order valence-electron chi connectivity index (χ4n) is 4.30. The quantitative estimate of drug-likeness (QED) is 0.526. The summed E-state index contributed by atoms with van der Waals surface area (Å²) in [5.74, 6) is 0.238. The average molecular weight is 441 g/mol. The second kappa shape index (κ2) is 7.59. The predicted octanol–water partition coefficient (Wildman–Crippen LogP) is 1.37. The highest BCUT2D eigenvalue weighted by atomic mass is 19.1. The SMILES string of the molecule is CN(c1cc(Nc2cccn(C3CC(F)C3)c2=O)nc2c(C(N)=O)cnn12)[C@@H]1CC[C@@H]1O. The standard InChI is InChI=1S/C21H24FN7O3/c1-27(15-4-5-16(15)30)18-9-17(26-20-13(19(23)31)10-24-29(18)20)25-14-3-2-6-28(21(14)32)12-7-11(22)8-12/h2-3,6,9-12,15-16,30H,4-5,7-8H2,1H3,(H2,23,31)(H,25,26)/t11?,12?,15-,16+/m1/s1. The van der Waals surface area contributed by atoms with Crippen LogP contribution in [0.2, 0.25) is 0 Å². The van der Waals surface area contributed by atoms with Crippen LogP contribution in [0.25, 0.3) is 5.65 Å². The fourth-order valence-corrected chi connectivity index (χ4v) is 4.30. The molecule has 2 saturated carbocycles. The zero-order valence-corrected chi connectivity index (χ0v) is 17.5. The number of nitrogens with one attached hydrogen (secondary N) is 1. The summed E-state index contributed by atoms with van der Waals surface area (Å²) in [6, 6.07) is 4.79. The van der Waals surface area contributed by atoms with E-state index in [1.807, 2.05) is 11.9 Å². The number of likely N-dealkylation sites (N-methyl/N-ethyl adjacent to an activating group) is 1. The number of nitrogens with two attached hydrogens (primary N) is 1. The normalized spacial score (nSPS) is 24.6. The maximum atomic E-state index is 13.3. The zero-order valence-electron chi connectivity index (χ0n) is 17.5. The number of carbonyl (C=O) groups is 1. The number of hydrogen-bond donors (Lipinski definition) is 3. The molecule has 3 aromatic rings. The van der Waals surface area contributed by atoms with Gasteiger partial charge >= 0.3 is 0 Å². The second-order valence-corrected chi connectivity index (χ2v) is 8.46. The highest BCUT2D eigenvalue weighted by molar-refractivity contribution is 5.99. The molecule has 2 aliphatic carbocycles. The lowest BCUT2D eigenvalue weighted by Gasteiger charge is -2.40. The number of aliphatic hydroxyl groups excluding tert-OH is 1. The number of aromatic nitrogens is 4. The summed E-state index contributed by atoms with van der Waals surface area (Å²) in [6.07, 6.45) is 3.84. The molecular weight excluding hydrogens is 417 g/mol. The third kappa shape index (κ3) is 3.29. The first-order chi connectivity index (χ1) is 15.3. The Morgan fingerprint density at radius 2 is 2.16 bits per heavy atom. The molecule has 2 fully saturated rings. The summed E-state index contributed by atoms with van der Waals surface area (Å²) in [7, 11) is 1.83. The lowest BCUT2D eigenvalue weighted by atomic mass is 9.88. The van der Waals surface area contributed by atoms with Gasteiger partial charge in [0.25, 0.3) is 11.5 Å². The van der Waals surface area contributed by atoms with Gasteiger partial charge in [0, 0.05) is 25.4 Å². The van der Waals surface area contributed by atoms with E-state index in [1.165, 1.54) is 15.3 Å². The molecule has 0 aromatic carbocycles. The van der Waals surface area contributed by atoms with E-state index in [1.54, 1.807) is 24.4 Å². The number of alkyl halides is 1. The lowest BCUT2D eigenvalue weighted by Crippen LogP contribution is -2.49. The minimum atomic E-state index is -0.873. The predicted molar refractivity (Wildman–Crippen MR) is 116 cm³/mol. The maximum Gasteiger partial charge on any atom is 0.274 e. The van der Waals surface area contributed by atoms with E-state index >= 15 is 0 Å². The minimum absolute atomic E-state index is 0.101. The van der Waals surface area contributed by atoms with Crippen LogP contribution in [0.3, 0.4) is 0 Å². The Balaban J connectivity index is 1.56. The number of anilines is 3. The van der Waals surface area contributed by atoms with Crippen molar-refractivity contribution >= 4 is 28.9 Å². The Morgan fingerprint density at radius 3 is 2.78 bits per heavy atom. The fraction of sp³-hybridized carbons (Fsp3) is 0.429. The molecule has 0 bridgehead atoms. The van der Waals surface area contributed by atoms with E-state index in [0.29, 0.717) is 30.9 Å². The number of pyridine rings is 1. The lowest BCUT2D eigenvalue weighted by molar-refractivity contribution is 0.0664. The molecule has 0 aliphatic heterocycles. The smallest absolute Gasteiger partial charge is 0.274 e. The largest absolute Gasteiger partial charge is 0.391 e. The molecule has 0 saturated heterocycles. The van der Waals surface area contributed by atoms with Gasteiger partial charge in [-0.1, -0.05) is 0 Å². The summed E-state index contributed by atoms with van der Waals surface area (Å²) in [5.41, 5.74) is 5.88. The van der Waals surface area contributed by atoms with Crippen molar-refractivity contribution in [2.24, 2.45) is 5.73 Å². The van der Waals surface area contributed by atoms with E-state index in [0.717, 1.165) is 6.42 Å². The molecule has 0 unspecified atom stereocenters. The topological polar surface area (TPSA) is 131 Å². The molecule has 168 valence electrons. The Kier molecular flexibility index (Phi) is 4.85. The molecule has 5 rings (SSSR count). The van der Waals surface area contributed by atoms with Gasteiger partial charge in [0.1, 0.15) is 29.1 Å². The van der Waals surface area contributed by atoms with Crippen LogP contribution in [0.4, 0.5) is 21.7 Å². The summed E-state index contributed by atoms with van der Waals surface area (Å²) in [5, 5.41) is 17.4. The number of primary amides is 1. The molecule has 10 nitrogen and oxygen atoms in total. The molecule has 3 heterocycles. The van der Waals surface area contributed by atoms with Gasteiger partial charge in [-0.2, -0.15) is 9.61 Å². The van der Waals surface area contributed by atoms with Crippen LogP contribution in [0.1, 0.15) is 42.1 Å². The second-order valence-electron chi connectivity index (χ2n) is 8.46. The number of halogens is 1. The van der Waals surface area contributed by atoms with Crippen LogP contribution < -0.4 is 21.5 Å². The summed E-state index contributed by atoms with van der Waals surface area (Å²) < 4.78 is 16.3. The van der Waals surface area contributed by atoms with Crippen molar-refractivity contribution in [1.82, 2.24) is 19.2 Å². The Morgan fingerprint density at radius 1 is 1.38 bits per heavy atom. The average Bonchev–Trinajstić information content (AvgIpc) is 3.15. The van der Waals surface area contributed by atoms with Gasteiger partial charge < -0.3 is 25.6 Å². The van der Waals surface area contributed by atoms with E-state index in [-0.39, 0.29) is 34.5 Å². The monoisotopic (exact) mass is 441 g/mol. The molecule has 32 heavy (non-hydrogen) atoms. The van der Waals surface area contributed by atoms with E-state index < -0.39 is 18.2 Å². The summed E-state index contributed by atoms with van der Waals surface area (Å²) in [4.78, 5) is 31.2. The zero-order chi connectivity index (χ0) is 22.6. The summed E-state index contributed by atoms with van der Waals surface area (Å²) in [6.45, 7) is 0. The number of hydrogen-bond acceptors (Lipinski definition) is 7. The van der Waals surface area contributed by atoms with Gasteiger partial charge in [0.05, 0.1) is 18.3 Å². The van der Waals surface area contributed by atoms with Crippen molar-refractivity contribution in [3.63, 3.8) is 0 Å². The van der Waals surface area contributed by atoms with Crippen LogP contribution in [0.5, 0.6) is 0 Å². The first-order valence-electron chi connectivity index (χ1n) is 10.5. The van der Waals surface area contributed by atoms with Crippen LogP contribution >= 0.6 is 0 Å². The minimum Gasteiger partial charge on any atom is -0.391 e. The number of fused-ring (bicyclic) bond motifs is 1. The molecule has 11 heteroatoms. The first kappa shape index (κ1) is 20.4. The number of aliphatic hydroxyl groups is 1. The van der Waals surface area contributed by atoms with Crippen molar-refractivity contribution in [3.8, 4) is 0 Å². The van der Waals surface area contributed by atoms with Crippen LogP contribution in [0, 0.1) is 0 Å². The van der Waals surface area contributed by atoms with Gasteiger partial charge in [-0.05, 0) is 37.8 Å². The summed E-state index contributed by atoms with van der Waals surface area (Å²) >= 11 is 0. The Hall–Kier alpha value is -3.47. The third-order valence-corrected chi connectivity index (χ3v) is 6.47. The van der Waals surface area contributed by atoms with Gasteiger partial charge in [-0.15, -0.1) is 0 Å². The third-order valence-electron chi connectivity index (χ3n) is 6.47. The molecule has 1 amide bonds. The first-order valence-corrected chi connectivity index (χ1v) is 10.5. The van der Waals surface area contributed by atoms with Crippen molar-refractivity contribution in [2.45, 2.75) is 50.0 Å². The van der Waals surface area contributed by atoms with Gasteiger partial charge in [0.15, 0.2) is 5.65 Å². The van der Waals surface area contributed by atoms with Crippen LogP contribution in [-0.2, 0) is 0 Å². The highest BCUT2D eigenvalue weighted by Gasteiger charge is 2.34. The molecule has 2 aliphatic rings.